The van der Waals surface area contributed by atoms with Crippen molar-refractivity contribution in [1.29, 1.82) is 0 Å². The Morgan fingerprint density at radius 3 is 1.30 bits per heavy atom. The Balaban J connectivity index is 1.35. The Hall–Kier alpha value is -4.56. The largest absolute Gasteiger partial charge is 0.264 e. The first kappa shape index (κ1) is 23.3. The molecule has 40 heavy (non-hydrogen) atoms. The molecular weight excluding hydrogens is 484 g/mol. The molecule has 0 aliphatic heterocycles. The molecule has 0 N–H and O–H groups in total. The van der Waals surface area contributed by atoms with E-state index in [0.717, 1.165) is 11.1 Å². The van der Waals surface area contributed by atoms with Gasteiger partial charge in [0.05, 0.1) is 0 Å². The molecule has 2 aliphatic carbocycles. The van der Waals surface area contributed by atoms with Gasteiger partial charge in [-0.05, 0) is 102 Å². The van der Waals surface area contributed by atoms with Crippen LogP contribution in [-0.2, 0) is 10.8 Å². The summed E-state index contributed by atoms with van der Waals surface area (Å²) in [5.41, 5.74) is 15.7. The normalized spacial score (nSPS) is 15.4. The van der Waals surface area contributed by atoms with Gasteiger partial charge in [0.2, 0.25) is 0 Å². The highest BCUT2D eigenvalue weighted by molar-refractivity contribution is 6.11. The molecule has 0 amide bonds. The Bertz CT molecular complexity index is 1840. The van der Waals surface area contributed by atoms with E-state index in [9.17, 15) is 0 Å². The van der Waals surface area contributed by atoms with Crippen molar-refractivity contribution in [3.8, 4) is 44.5 Å². The van der Waals surface area contributed by atoms with Crippen molar-refractivity contribution in [2.75, 3.05) is 0 Å². The summed E-state index contributed by atoms with van der Waals surface area (Å²) in [6.45, 7) is 9.45. The molecule has 2 aliphatic rings. The zero-order valence-electron chi connectivity index (χ0n) is 23.3. The number of hydrogen-bond donors (Lipinski definition) is 0. The lowest BCUT2D eigenvalue weighted by molar-refractivity contribution is 0.660. The summed E-state index contributed by atoms with van der Waals surface area (Å²) < 4.78 is 0. The van der Waals surface area contributed by atoms with Crippen LogP contribution in [0.3, 0.4) is 0 Å². The highest BCUT2D eigenvalue weighted by Gasteiger charge is 2.40. The van der Waals surface area contributed by atoms with Crippen LogP contribution in [0.5, 0.6) is 0 Å². The molecule has 0 saturated heterocycles. The van der Waals surface area contributed by atoms with E-state index < -0.39 is 0 Å². The number of rotatable bonds is 2. The number of aromatic nitrogens is 2. The van der Waals surface area contributed by atoms with Crippen LogP contribution >= 0.6 is 0 Å². The molecule has 4 aromatic carbocycles. The quantitative estimate of drug-likeness (QED) is 0.230. The lowest BCUT2D eigenvalue weighted by atomic mass is 9.80. The topological polar surface area (TPSA) is 25.8 Å². The molecule has 192 valence electrons. The fourth-order valence-electron chi connectivity index (χ4n) is 7.30. The van der Waals surface area contributed by atoms with Gasteiger partial charge in [-0.25, -0.2) is 0 Å². The minimum Gasteiger partial charge on any atom is -0.264 e. The number of pyridine rings is 2. The summed E-state index contributed by atoms with van der Waals surface area (Å²) in [5.74, 6) is 0. The molecule has 2 heteroatoms. The summed E-state index contributed by atoms with van der Waals surface area (Å²) in [6.07, 6.45) is 7.57. The van der Waals surface area contributed by atoms with Crippen LogP contribution in [0.1, 0.15) is 49.9 Å². The standard InChI is InChI=1S/C38H30N2/c1-37(2)31-15-13-28-27(35(31)29-11-9-23(19-33(29)37)25-7-5-17-39-21-25)14-16-32-36(28)30-12-10-24(20-34(30)38(32,3)4)26-8-6-18-40-22-26/h5-22H,1-4H3. The maximum atomic E-state index is 4.35. The van der Waals surface area contributed by atoms with Crippen LogP contribution in [0.15, 0.2) is 110 Å². The molecular formula is C38H30N2. The number of fused-ring (bicyclic) bond motifs is 9. The molecule has 0 spiro atoms. The van der Waals surface area contributed by atoms with Gasteiger partial charge in [0.1, 0.15) is 0 Å². The van der Waals surface area contributed by atoms with E-state index in [1.165, 1.54) is 66.4 Å². The van der Waals surface area contributed by atoms with E-state index in [0.29, 0.717) is 0 Å². The SMILES string of the molecule is CC1(C)c2cc(-c3cccnc3)ccc2-c2c1ccc1c3c(ccc21)C(C)(C)c1cc(-c2cccnc2)ccc1-3. The van der Waals surface area contributed by atoms with Crippen LogP contribution in [0.2, 0.25) is 0 Å². The lowest BCUT2D eigenvalue weighted by Crippen LogP contribution is -2.15. The second-order valence-electron chi connectivity index (χ2n) is 12.3. The highest BCUT2D eigenvalue weighted by Crippen LogP contribution is 2.56. The Kier molecular flexibility index (Phi) is 4.66. The minimum atomic E-state index is -0.0775. The van der Waals surface area contributed by atoms with Gasteiger partial charge in [0.25, 0.3) is 0 Å². The first-order valence-corrected chi connectivity index (χ1v) is 14.1. The van der Waals surface area contributed by atoms with E-state index in [1.807, 2.05) is 36.9 Å². The average Bonchev–Trinajstić information content (AvgIpc) is 3.37. The predicted molar refractivity (Wildman–Crippen MR) is 166 cm³/mol. The summed E-state index contributed by atoms with van der Waals surface area (Å²) in [4.78, 5) is 8.71. The number of hydrogen-bond acceptors (Lipinski definition) is 2. The number of benzene rings is 4. The average molecular weight is 515 g/mol. The third-order valence-corrected chi connectivity index (χ3v) is 9.46. The smallest absolute Gasteiger partial charge is 0.0346 e. The number of nitrogens with zero attached hydrogens (tertiary/aromatic N) is 2. The molecule has 0 saturated carbocycles. The molecule has 2 nitrogen and oxygen atoms in total. The van der Waals surface area contributed by atoms with Crippen molar-refractivity contribution in [3.63, 3.8) is 0 Å². The van der Waals surface area contributed by atoms with Crippen molar-refractivity contribution >= 4 is 10.8 Å². The van der Waals surface area contributed by atoms with Crippen LogP contribution in [-0.4, -0.2) is 9.97 Å². The lowest BCUT2D eigenvalue weighted by Gasteiger charge is -2.23. The summed E-state index contributed by atoms with van der Waals surface area (Å²) in [6, 6.07) is 31.8. The second kappa shape index (κ2) is 7.99. The summed E-state index contributed by atoms with van der Waals surface area (Å²) >= 11 is 0. The molecule has 6 aromatic rings. The van der Waals surface area contributed by atoms with E-state index >= 15 is 0 Å². The van der Waals surface area contributed by atoms with Gasteiger partial charge < -0.3 is 0 Å². The molecule has 0 radical (unpaired) electrons. The Morgan fingerprint density at radius 2 is 0.900 bits per heavy atom. The second-order valence-corrected chi connectivity index (χ2v) is 12.3. The maximum absolute atomic E-state index is 4.35. The maximum Gasteiger partial charge on any atom is 0.0346 e. The molecule has 0 fully saturated rings. The Morgan fingerprint density at radius 1 is 0.450 bits per heavy atom. The molecule has 2 aromatic heterocycles. The molecule has 0 unspecified atom stereocenters. The first-order chi connectivity index (χ1) is 19.4. The van der Waals surface area contributed by atoms with Crippen LogP contribution in [0.4, 0.5) is 0 Å². The predicted octanol–water partition coefficient (Wildman–Crippen LogP) is 9.58. The minimum absolute atomic E-state index is 0.0775. The van der Waals surface area contributed by atoms with Gasteiger partial charge >= 0.3 is 0 Å². The van der Waals surface area contributed by atoms with E-state index in [-0.39, 0.29) is 10.8 Å². The zero-order valence-corrected chi connectivity index (χ0v) is 23.3. The zero-order chi connectivity index (χ0) is 27.2. The third kappa shape index (κ3) is 3.05. The molecule has 0 atom stereocenters. The van der Waals surface area contributed by atoms with Gasteiger partial charge in [0.15, 0.2) is 0 Å². The van der Waals surface area contributed by atoms with Crippen LogP contribution < -0.4 is 0 Å². The van der Waals surface area contributed by atoms with Gasteiger partial charge in [-0.15, -0.1) is 0 Å². The first-order valence-electron chi connectivity index (χ1n) is 14.1. The molecule has 8 rings (SSSR count). The summed E-state index contributed by atoms with van der Waals surface area (Å²) in [5, 5.41) is 2.69. The van der Waals surface area contributed by atoms with E-state index in [1.54, 1.807) is 0 Å². The fraction of sp³-hybridized carbons (Fsp3) is 0.158. The van der Waals surface area contributed by atoms with Crippen molar-refractivity contribution in [3.05, 3.63) is 132 Å². The van der Waals surface area contributed by atoms with Crippen molar-refractivity contribution in [1.82, 2.24) is 9.97 Å². The summed E-state index contributed by atoms with van der Waals surface area (Å²) in [7, 11) is 0. The molecule has 2 heterocycles. The monoisotopic (exact) mass is 514 g/mol. The highest BCUT2D eigenvalue weighted by atomic mass is 14.6. The van der Waals surface area contributed by atoms with Crippen molar-refractivity contribution in [2.45, 2.75) is 38.5 Å². The van der Waals surface area contributed by atoms with Crippen molar-refractivity contribution < 1.29 is 0 Å². The van der Waals surface area contributed by atoms with Gasteiger partial charge in [-0.3, -0.25) is 9.97 Å². The fourth-order valence-corrected chi connectivity index (χ4v) is 7.30. The van der Waals surface area contributed by atoms with Crippen molar-refractivity contribution in [2.24, 2.45) is 0 Å². The van der Waals surface area contributed by atoms with E-state index in [4.69, 9.17) is 0 Å². The van der Waals surface area contributed by atoms with E-state index in [2.05, 4.69) is 110 Å². The van der Waals surface area contributed by atoms with Gasteiger partial charge in [-0.1, -0.05) is 88.4 Å². The van der Waals surface area contributed by atoms with Gasteiger partial charge in [-0.2, -0.15) is 0 Å². The molecule has 0 bridgehead atoms. The van der Waals surface area contributed by atoms with Gasteiger partial charge in [0, 0.05) is 35.6 Å². The van der Waals surface area contributed by atoms with Crippen LogP contribution in [0.25, 0.3) is 55.3 Å². The Labute approximate surface area is 235 Å². The third-order valence-electron chi connectivity index (χ3n) is 9.46. The van der Waals surface area contributed by atoms with Crippen LogP contribution in [0, 0.1) is 0 Å².